The van der Waals surface area contributed by atoms with Gasteiger partial charge in [-0.25, -0.2) is 0 Å². The molecule has 0 atom stereocenters. The van der Waals surface area contributed by atoms with Crippen molar-refractivity contribution in [3.05, 3.63) is 42.0 Å². The van der Waals surface area contributed by atoms with Crippen LogP contribution in [0.3, 0.4) is 0 Å². The summed E-state index contributed by atoms with van der Waals surface area (Å²) in [6.07, 6.45) is 0. The highest BCUT2D eigenvalue weighted by atomic mass is 16.5. The van der Waals surface area contributed by atoms with Crippen LogP contribution in [0.1, 0.15) is 5.56 Å². The van der Waals surface area contributed by atoms with Crippen molar-refractivity contribution < 1.29 is 9.84 Å². The molecule has 0 bridgehead atoms. The maximum Gasteiger partial charge on any atom is 0.120 e. The number of aliphatic hydroxyl groups excluding tert-OH is 1. The number of hydrogen-bond acceptors (Lipinski definition) is 3. The largest absolute Gasteiger partial charge is 0.491 e. The SMILES string of the molecule is N#Cc1ccc2ccc(OCCO)cc2c1. The van der Waals surface area contributed by atoms with E-state index < -0.39 is 0 Å². The Hall–Kier alpha value is -2.05. The first kappa shape index (κ1) is 10.5. The van der Waals surface area contributed by atoms with E-state index in [2.05, 4.69) is 6.07 Å². The number of ether oxygens (including phenoxy) is 1. The standard InChI is InChI=1S/C13H11NO2/c14-9-10-1-2-11-3-4-13(16-6-5-15)8-12(11)7-10/h1-4,7-8,15H,5-6H2. The molecule has 0 aromatic heterocycles. The normalized spacial score (nSPS) is 10.0. The quantitative estimate of drug-likeness (QED) is 0.849. The lowest BCUT2D eigenvalue weighted by Gasteiger charge is -2.05. The minimum atomic E-state index is -0.00370. The zero-order valence-corrected chi connectivity index (χ0v) is 8.68. The van der Waals surface area contributed by atoms with Gasteiger partial charge in [-0.2, -0.15) is 5.26 Å². The Bertz CT molecular complexity index is 543. The van der Waals surface area contributed by atoms with Crippen molar-refractivity contribution in [1.82, 2.24) is 0 Å². The van der Waals surface area contributed by atoms with Gasteiger partial charge in [-0.3, -0.25) is 0 Å². The van der Waals surface area contributed by atoms with E-state index in [1.54, 1.807) is 6.07 Å². The second-order valence-corrected chi connectivity index (χ2v) is 3.41. The molecule has 0 fully saturated rings. The summed E-state index contributed by atoms with van der Waals surface area (Å²) in [6.45, 7) is 0.277. The van der Waals surface area contributed by atoms with E-state index in [1.807, 2.05) is 30.3 Å². The molecule has 0 saturated carbocycles. The van der Waals surface area contributed by atoms with E-state index in [9.17, 15) is 0 Å². The molecule has 0 unspecified atom stereocenters. The van der Waals surface area contributed by atoms with Gasteiger partial charge in [0, 0.05) is 0 Å². The van der Waals surface area contributed by atoms with E-state index in [0.717, 1.165) is 10.8 Å². The molecule has 0 heterocycles. The molecule has 80 valence electrons. The van der Waals surface area contributed by atoms with E-state index in [4.69, 9.17) is 15.1 Å². The molecule has 3 nitrogen and oxygen atoms in total. The van der Waals surface area contributed by atoms with Gasteiger partial charge >= 0.3 is 0 Å². The average molecular weight is 213 g/mol. The summed E-state index contributed by atoms with van der Waals surface area (Å²) in [5.74, 6) is 0.705. The van der Waals surface area contributed by atoms with E-state index >= 15 is 0 Å². The Morgan fingerprint density at radius 3 is 2.69 bits per heavy atom. The molecule has 16 heavy (non-hydrogen) atoms. The molecule has 2 aromatic rings. The lowest BCUT2D eigenvalue weighted by atomic mass is 10.1. The Labute approximate surface area is 93.5 Å². The summed E-state index contributed by atoms with van der Waals surface area (Å²) in [7, 11) is 0. The van der Waals surface area contributed by atoms with Gasteiger partial charge < -0.3 is 9.84 Å². The predicted molar refractivity (Wildman–Crippen MR) is 61.2 cm³/mol. The number of fused-ring (bicyclic) bond motifs is 1. The average Bonchev–Trinajstić information content (AvgIpc) is 2.35. The highest BCUT2D eigenvalue weighted by Gasteiger charge is 1.98. The van der Waals surface area contributed by atoms with Crippen LogP contribution >= 0.6 is 0 Å². The Morgan fingerprint density at radius 1 is 1.12 bits per heavy atom. The summed E-state index contributed by atoms with van der Waals surface area (Å²) in [6, 6.07) is 13.3. The molecule has 0 radical (unpaired) electrons. The molecule has 0 aliphatic heterocycles. The number of nitrogens with zero attached hydrogens (tertiary/aromatic N) is 1. The third-order valence-electron chi connectivity index (χ3n) is 2.30. The second kappa shape index (κ2) is 4.65. The van der Waals surface area contributed by atoms with Crippen LogP contribution in [0.4, 0.5) is 0 Å². The predicted octanol–water partition coefficient (Wildman–Crippen LogP) is 2.08. The summed E-state index contributed by atoms with van der Waals surface area (Å²) < 4.78 is 5.30. The van der Waals surface area contributed by atoms with Crippen LogP contribution < -0.4 is 4.74 Å². The zero-order valence-electron chi connectivity index (χ0n) is 8.68. The molecule has 1 N–H and O–H groups in total. The lowest BCUT2D eigenvalue weighted by Crippen LogP contribution is -2.01. The van der Waals surface area contributed by atoms with E-state index in [0.29, 0.717) is 11.3 Å². The third kappa shape index (κ3) is 2.13. The summed E-state index contributed by atoms with van der Waals surface area (Å²) in [5.41, 5.74) is 0.631. The molecule has 0 amide bonds. The van der Waals surface area contributed by atoms with Gasteiger partial charge in [-0.1, -0.05) is 12.1 Å². The third-order valence-corrected chi connectivity index (χ3v) is 2.30. The molecule has 2 rings (SSSR count). The number of nitriles is 1. The fraction of sp³-hybridized carbons (Fsp3) is 0.154. The molecule has 0 spiro atoms. The summed E-state index contributed by atoms with van der Waals surface area (Å²) in [4.78, 5) is 0. The summed E-state index contributed by atoms with van der Waals surface area (Å²) in [5, 5.41) is 19.5. The number of hydrogen-bond donors (Lipinski definition) is 1. The highest BCUT2D eigenvalue weighted by Crippen LogP contribution is 2.21. The molecule has 3 heteroatoms. The summed E-state index contributed by atoms with van der Waals surface area (Å²) >= 11 is 0. The number of aliphatic hydroxyl groups is 1. The monoisotopic (exact) mass is 213 g/mol. The van der Waals surface area contributed by atoms with Gasteiger partial charge in [0.25, 0.3) is 0 Å². The maximum absolute atomic E-state index is 8.79. The van der Waals surface area contributed by atoms with Gasteiger partial charge in [0.05, 0.1) is 18.2 Å². The fourth-order valence-electron chi connectivity index (χ4n) is 1.55. The highest BCUT2D eigenvalue weighted by molar-refractivity contribution is 5.85. The van der Waals surface area contributed by atoms with Gasteiger partial charge in [0.2, 0.25) is 0 Å². The van der Waals surface area contributed by atoms with Gasteiger partial charge in [-0.15, -0.1) is 0 Å². The molecular weight excluding hydrogens is 202 g/mol. The van der Waals surface area contributed by atoms with Crippen molar-refractivity contribution in [3.63, 3.8) is 0 Å². The molecule has 0 aliphatic rings. The molecule has 0 saturated heterocycles. The van der Waals surface area contributed by atoms with Crippen molar-refractivity contribution in [1.29, 1.82) is 5.26 Å². The van der Waals surface area contributed by atoms with Crippen LogP contribution in [0.15, 0.2) is 36.4 Å². The van der Waals surface area contributed by atoms with Crippen molar-refractivity contribution in [2.75, 3.05) is 13.2 Å². The smallest absolute Gasteiger partial charge is 0.120 e. The van der Waals surface area contributed by atoms with Crippen LogP contribution in [-0.4, -0.2) is 18.3 Å². The molecule has 0 aliphatic carbocycles. The van der Waals surface area contributed by atoms with E-state index in [-0.39, 0.29) is 13.2 Å². The number of rotatable bonds is 3. The van der Waals surface area contributed by atoms with Crippen molar-refractivity contribution in [2.45, 2.75) is 0 Å². The van der Waals surface area contributed by atoms with Crippen LogP contribution in [0, 0.1) is 11.3 Å². The van der Waals surface area contributed by atoms with Gasteiger partial charge in [0.1, 0.15) is 12.4 Å². The van der Waals surface area contributed by atoms with Crippen LogP contribution in [0.25, 0.3) is 10.8 Å². The number of benzene rings is 2. The second-order valence-electron chi connectivity index (χ2n) is 3.41. The molecule has 2 aromatic carbocycles. The van der Waals surface area contributed by atoms with Gasteiger partial charge in [-0.05, 0) is 35.0 Å². The van der Waals surface area contributed by atoms with Crippen molar-refractivity contribution in [3.8, 4) is 11.8 Å². The Balaban J connectivity index is 2.39. The zero-order chi connectivity index (χ0) is 11.4. The van der Waals surface area contributed by atoms with Gasteiger partial charge in [0.15, 0.2) is 0 Å². The minimum Gasteiger partial charge on any atom is -0.491 e. The lowest BCUT2D eigenvalue weighted by molar-refractivity contribution is 0.201. The van der Waals surface area contributed by atoms with Crippen LogP contribution in [0.2, 0.25) is 0 Å². The van der Waals surface area contributed by atoms with Crippen molar-refractivity contribution in [2.24, 2.45) is 0 Å². The maximum atomic E-state index is 8.79. The van der Waals surface area contributed by atoms with Crippen LogP contribution in [0.5, 0.6) is 5.75 Å². The van der Waals surface area contributed by atoms with Crippen molar-refractivity contribution >= 4 is 10.8 Å². The minimum absolute atomic E-state index is 0.00370. The first-order valence-corrected chi connectivity index (χ1v) is 5.01. The Morgan fingerprint density at radius 2 is 1.94 bits per heavy atom. The topological polar surface area (TPSA) is 53.2 Å². The fourth-order valence-corrected chi connectivity index (χ4v) is 1.55. The van der Waals surface area contributed by atoms with E-state index in [1.165, 1.54) is 0 Å². The first-order valence-electron chi connectivity index (χ1n) is 5.01. The van der Waals surface area contributed by atoms with Crippen LogP contribution in [-0.2, 0) is 0 Å². The Kier molecular flexibility index (Phi) is 3.04. The molecular formula is C13H11NO2. The first-order chi connectivity index (χ1) is 7.83.